The summed E-state index contributed by atoms with van der Waals surface area (Å²) < 4.78 is 77.9. The summed E-state index contributed by atoms with van der Waals surface area (Å²) in [6.07, 6.45) is -7.64. The smallest absolute Gasteiger partial charge is 0.284 e. The maximum absolute atomic E-state index is 12.9. The Balaban J connectivity index is 2.49. The van der Waals surface area contributed by atoms with E-state index in [-0.39, 0.29) is 5.65 Å². The lowest BCUT2D eigenvalue weighted by Gasteiger charge is -2.13. The Morgan fingerprint density at radius 2 is 1.62 bits per heavy atom. The van der Waals surface area contributed by atoms with Crippen LogP contribution < -0.4 is 0 Å². The van der Waals surface area contributed by atoms with Crippen molar-refractivity contribution in [3.63, 3.8) is 0 Å². The number of pyridine rings is 1. The highest BCUT2D eigenvalue weighted by Crippen LogP contribution is 2.36. The average Bonchev–Trinajstić information content (AvgIpc) is 2.83. The van der Waals surface area contributed by atoms with Crippen LogP contribution in [0.15, 0.2) is 24.5 Å². The number of aromatic nitrogens is 4. The molecule has 0 spiro atoms. The minimum absolute atomic E-state index is 0.183. The Morgan fingerprint density at radius 3 is 2.24 bits per heavy atom. The van der Waals surface area contributed by atoms with Crippen LogP contribution in [-0.4, -0.2) is 19.4 Å². The Morgan fingerprint density at radius 1 is 0.905 bits per heavy atom. The molecule has 3 rings (SSSR count). The molecule has 0 saturated carbocycles. The topological polar surface area (TPSA) is 43.1 Å². The van der Waals surface area contributed by atoms with Crippen molar-refractivity contribution in [1.29, 1.82) is 0 Å². The number of fused-ring (bicyclic) bond motifs is 3. The van der Waals surface area contributed by atoms with E-state index >= 15 is 0 Å². The van der Waals surface area contributed by atoms with Gasteiger partial charge in [-0.05, 0) is 12.1 Å². The van der Waals surface area contributed by atoms with Gasteiger partial charge in [0, 0.05) is 17.8 Å². The van der Waals surface area contributed by atoms with Crippen LogP contribution in [0.1, 0.15) is 11.5 Å². The first-order valence-electron chi connectivity index (χ1n) is 5.46. The molecule has 0 N–H and O–H groups in total. The standard InChI is InChI=1S/C11H4F6N4/c12-10(13,14)7-5-1-2-6-18-3-4-21(6)8(5)20-9(19-7)11(15,16)17/h1-4H. The van der Waals surface area contributed by atoms with Crippen molar-refractivity contribution in [2.75, 3.05) is 0 Å². The fraction of sp³-hybridized carbons (Fsp3) is 0.182. The highest BCUT2D eigenvalue weighted by Gasteiger charge is 2.41. The predicted molar refractivity (Wildman–Crippen MR) is 58.3 cm³/mol. The van der Waals surface area contributed by atoms with Gasteiger partial charge in [-0.3, -0.25) is 4.40 Å². The number of halogens is 6. The van der Waals surface area contributed by atoms with Gasteiger partial charge in [-0.2, -0.15) is 26.3 Å². The highest BCUT2D eigenvalue weighted by molar-refractivity contribution is 5.81. The van der Waals surface area contributed by atoms with Crippen LogP contribution in [0.4, 0.5) is 26.3 Å². The molecule has 0 bridgehead atoms. The zero-order valence-electron chi connectivity index (χ0n) is 9.87. The van der Waals surface area contributed by atoms with E-state index in [1.54, 1.807) is 0 Å². The number of alkyl halides is 6. The second-order valence-corrected chi connectivity index (χ2v) is 4.12. The monoisotopic (exact) mass is 306 g/mol. The molecule has 0 fully saturated rings. The largest absolute Gasteiger partial charge is 0.451 e. The van der Waals surface area contributed by atoms with Gasteiger partial charge in [-0.15, -0.1) is 0 Å². The predicted octanol–water partition coefficient (Wildman–Crippen LogP) is 3.32. The Kier molecular flexibility index (Phi) is 2.62. The second kappa shape index (κ2) is 4.06. The maximum atomic E-state index is 12.9. The first kappa shape index (κ1) is 13.6. The van der Waals surface area contributed by atoms with Gasteiger partial charge in [-0.1, -0.05) is 0 Å². The van der Waals surface area contributed by atoms with Gasteiger partial charge in [0.25, 0.3) is 0 Å². The van der Waals surface area contributed by atoms with E-state index in [9.17, 15) is 26.3 Å². The van der Waals surface area contributed by atoms with Crippen molar-refractivity contribution >= 4 is 16.7 Å². The van der Waals surface area contributed by atoms with E-state index in [4.69, 9.17) is 0 Å². The number of hydrogen-bond donors (Lipinski definition) is 0. The zero-order valence-corrected chi connectivity index (χ0v) is 9.87. The molecule has 0 unspecified atom stereocenters. The van der Waals surface area contributed by atoms with Crippen LogP contribution in [0.5, 0.6) is 0 Å². The second-order valence-electron chi connectivity index (χ2n) is 4.12. The Hall–Kier alpha value is -2.39. The summed E-state index contributed by atoms with van der Waals surface area (Å²) in [7, 11) is 0. The number of hydrogen-bond acceptors (Lipinski definition) is 3. The summed E-state index contributed by atoms with van der Waals surface area (Å²) >= 11 is 0. The van der Waals surface area contributed by atoms with E-state index in [0.29, 0.717) is 0 Å². The van der Waals surface area contributed by atoms with Gasteiger partial charge < -0.3 is 0 Å². The molecule has 0 amide bonds. The minimum atomic E-state index is -5.09. The molecule has 110 valence electrons. The SMILES string of the molecule is FC(F)(F)c1nc(C(F)(F)F)c2ccc3nccn3c2n1. The van der Waals surface area contributed by atoms with Crippen LogP contribution in [-0.2, 0) is 12.4 Å². The fourth-order valence-corrected chi connectivity index (χ4v) is 1.91. The molecule has 0 aliphatic carbocycles. The maximum Gasteiger partial charge on any atom is 0.451 e. The summed E-state index contributed by atoms with van der Waals surface area (Å²) in [5.41, 5.74) is -1.95. The first-order valence-corrected chi connectivity index (χ1v) is 5.46. The van der Waals surface area contributed by atoms with Gasteiger partial charge in [0.05, 0.1) is 0 Å². The summed E-state index contributed by atoms with van der Waals surface area (Å²) in [5, 5.41) is -0.527. The van der Waals surface area contributed by atoms with Gasteiger partial charge in [0.15, 0.2) is 5.69 Å². The lowest BCUT2D eigenvalue weighted by atomic mass is 10.2. The Labute approximate surface area is 112 Å². The summed E-state index contributed by atoms with van der Waals surface area (Å²) in [4.78, 5) is 9.64. The lowest BCUT2D eigenvalue weighted by molar-refractivity contribution is -0.151. The molecule has 0 saturated heterocycles. The van der Waals surface area contributed by atoms with E-state index in [0.717, 1.165) is 10.5 Å². The molecule has 3 aromatic heterocycles. The third-order valence-corrected chi connectivity index (χ3v) is 2.74. The van der Waals surface area contributed by atoms with Crippen molar-refractivity contribution in [2.45, 2.75) is 12.4 Å². The summed E-state index contributed by atoms with van der Waals surface area (Å²) in [6.45, 7) is 0. The van der Waals surface area contributed by atoms with Crippen LogP contribution in [0.3, 0.4) is 0 Å². The molecule has 10 heteroatoms. The van der Waals surface area contributed by atoms with Gasteiger partial charge in [0.1, 0.15) is 11.3 Å². The average molecular weight is 306 g/mol. The summed E-state index contributed by atoms with van der Waals surface area (Å²) in [6, 6.07) is 2.24. The number of imidazole rings is 1. The molecule has 4 nitrogen and oxygen atoms in total. The molecule has 0 radical (unpaired) electrons. The third kappa shape index (κ3) is 2.16. The van der Waals surface area contributed by atoms with Crippen molar-refractivity contribution in [3.05, 3.63) is 36.0 Å². The van der Waals surface area contributed by atoms with Gasteiger partial charge in [-0.25, -0.2) is 15.0 Å². The van der Waals surface area contributed by atoms with Gasteiger partial charge >= 0.3 is 12.4 Å². The van der Waals surface area contributed by atoms with E-state index in [1.165, 1.54) is 18.5 Å². The van der Waals surface area contributed by atoms with Crippen molar-refractivity contribution < 1.29 is 26.3 Å². The highest BCUT2D eigenvalue weighted by atomic mass is 19.4. The molecule has 0 aliphatic rings. The normalized spacial score (nSPS) is 13.2. The van der Waals surface area contributed by atoms with E-state index in [1.807, 2.05) is 0 Å². The van der Waals surface area contributed by atoms with Crippen molar-refractivity contribution in [2.24, 2.45) is 0 Å². The van der Waals surface area contributed by atoms with E-state index < -0.39 is 34.9 Å². The molecular weight excluding hydrogens is 302 g/mol. The molecule has 3 aromatic rings. The molecule has 21 heavy (non-hydrogen) atoms. The quantitative estimate of drug-likeness (QED) is 0.598. The number of rotatable bonds is 0. The first-order chi connectivity index (χ1) is 9.68. The zero-order chi connectivity index (χ0) is 15.4. The van der Waals surface area contributed by atoms with Crippen molar-refractivity contribution in [3.8, 4) is 0 Å². The van der Waals surface area contributed by atoms with E-state index in [2.05, 4.69) is 15.0 Å². The molecule has 0 aliphatic heterocycles. The van der Waals surface area contributed by atoms with Crippen molar-refractivity contribution in [1.82, 2.24) is 19.4 Å². The number of nitrogens with zero attached hydrogens (tertiary/aromatic N) is 4. The van der Waals surface area contributed by atoms with Crippen LogP contribution in [0, 0.1) is 0 Å². The minimum Gasteiger partial charge on any atom is -0.284 e. The third-order valence-electron chi connectivity index (χ3n) is 2.74. The van der Waals surface area contributed by atoms with Crippen LogP contribution in [0.2, 0.25) is 0 Å². The van der Waals surface area contributed by atoms with Gasteiger partial charge in [0.2, 0.25) is 5.82 Å². The molecule has 0 atom stereocenters. The molecular formula is C11H4F6N4. The molecule has 0 aromatic carbocycles. The molecule has 3 heterocycles. The lowest BCUT2D eigenvalue weighted by Crippen LogP contribution is -2.18. The summed E-state index contributed by atoms with van der Waals surface area (Å²) in [5.74, 6) is -1.84. The Bertz CT molecular complexity index is 832. The fourth-order valence-electron chi connectivity index (χ4n) is 1.91. The van der Waals surface area contributed by atoms with Crippen LogP contribution >= 0.6 is 0 Å². The van der Waals surface area contributed by atoms with Crippen LogP contribution in [0.25, 0.3) is 16.7 Å².